The summed E-state index contributed by atoms with van der Waals surface area (Å²) in [5, 5.41) is 0. The number of hydrogen-bond donors (Lipinski definition) is 1. The molecule has 0 aliphatic carbocycles. The summed E-state index contributed by atoms with van der Waals surface area (Å²) >= 11 is 0. The molecule has 4 rings (SSSR count). The topological polar surface area (TPSA) is 85.9 Å². The largest absolute Gasteiger partial charge is 0.410 e. The summed E-state index contributed by atoms with van der Waals surface area (Å²) in [6, 6.07) is 4.45. The molecule has 8 nitrogen and oxygen atoms in total. The zero-order valence-corrected chi connectivity index (χ0v) is 19.1. The van der Waals surface area contributed by atoms with Gasteiger partial charge in [0.2, 0.25) is 10.0 Å². The highest BCUT2D eigenvalue weighted by atomic mass is 32.2. The van der Waals surface area contributed by atoms with Crippen molar-refractivity contribution in [2.75, 3.05) is 49.2 Å². The summed E-state index contributed by atoms with van der Waals surface area (Å²) in [6.07, 6.45) is -4.78. The third-order valence-corrected chi connectivity index (χ3v) is 7.88. The number of sulfonamides is 1. The molecule has 2 aliphatic rings. The van der Waals surface area contributed by atoms with E-state index in [0.29, 0.717) is 25.4 Å². The second-order valence-corrected chi connectivity index (χ2v) is 10.2. The number of ether oxygens (including phenoxy) is 1. The third kappa shape index (κ3) is 4.91. The second-order valence-electron chi connectivity index (χ2n) is 8.27. The van der Waals surface area contributed by atoms with Crippen molar-refractivity contribution in [1.82, 2.24) is 9.29 Å². The number of halogens is 4. The van der Waals surface area contributed by atoms with Crippen LogP contribution in [0.1, 0.15) is 6.92 Å². The van der Waals surface area contributed by atoms with E-state index >= 15 is 0 Å². The molecule has 1 aromatic heterocycles. The van der Waals surface area contributed by atoms with E-state index in [-0.39, 0.29) is 29.8 Å². The number of H-pyrrole nitrogens is 1. The predicted molar refractivity (Wildman–Crippen MR) is 117 cm³/mol. The van der Waals surface area contributed by atoms with Crippen LogP contribution >= 0.6 is 0 Å². The highest BCUT2D eigenvalue weighted by Gasteiger charge is 2.49. The van der Waals surface area contributed by atoms with Crippen molar-refractivity contribution in [3.8, 4) is 0 Å². The van der Waals surface area contributed by atoms with Gasteiger partial charge >= 0.3 is 6.18 Å². The molecule has 0 radical (unpaired) electrons. The number of nitrogens with one attached hydrogen (secondary N) is 1. The van der Waals surface area contributed by atoms with Crippen LogP contribution in [-0.2, 0) is 14.8 Å². The Kier molecular flexibility index (Phi) is 6.62. The number of rotatable bonds is 4. The van der Waals surface area contributed by atoms with Gasteiger partial charge in [-0.3, -0.25) is 4.79 Å². The first-order valence-corrected chi connectivity index (χ1v) is 12.1. The summed E-state index contributed by atoms with van der Waals surface area (Å²) in [6.45, 7) is 1.80. The van der Waals surface area contributed by atoms with Crippen molar-refractivity contribution in [2.24, 2.45) is 0 Å². The lowest BCUT2D eigenvalue weighted by atomic mass is 10.1. The number of nitrogens with zero attached hydrogens (tertiary/aromatic N) is 3. The Labute approximate surface area is 193 Å². The van der Waals surface area contributed by atoms with Crippen LogP contribution < -0.4 is 15.4 Å². The zero-order chi connectivity index (χ0) is 24.7. The van der Waals surface area contributed by atoms with Gasteiger partial charge in [0.25, 0.3) is 5.56 Å². The molecule has 2 aromatic rings. The number of hydrogen-bond acceptors (Lipinski definition) is 6. The van der Waals surface area contributed by atoms with E-state index in [1.807, 2.05) is 11.8 Å². The number of pyridine rings is 1. The normalized spacial score (nSPS) is 22.7. The van der Waals surface area contributed by atoms with Crippen LogP contribution in [0.15, 0.2) is 46.1 Å². The summed E-state index contributed by atoms with van der Waals surface area (Å²) in [5.41, 5.74) is -0.0923. The maximum atomic E-state index is 14.1. The Morgan fingerprint density at radius 1 is 1.06 bits per heavy atom. The van der Waals surface area contributed by atoms with Crippen LogP contribution in [0.25, 0.3) is 0 Å². The molecule has 34 heavy (non-hydrogen) atoms. The molecule has 0 amide bonds. The van der Waals surface area contributed by atoms with E-state index in [1.54, 1.807) is 0 Å². The average molecular weight is 505 g/mol. The number of aromatic nitrogens is 1. The van der Waals surface area contributed by atoms with E-state index in [2.05, 4.69) is 4.98 Å². The van der Waals surface area contributed by atoms with Crippen LogP contribution in [0.3, 0.4) is 0 Å². The molecule has 1 N–H and O–H groups in total. The lowest BCUT2D eigenvalue weighted by Crippen LogP contribution is -2.60. The smallest absolute Gasteiger partial charge is 0.377 e. The minimum absolute atomic E-state index is 0.0395. The molecule has 3 heterocycles. The highest BCUT2D eigenvalue weighted by Crippen LogP contribution is 2.34. The SMILES string of the molecule is C[C@@H]1COCCN1c1cc(N2CCN(S(=O)(=O)c3ccc(F)cc3)CC2C(F)(F)F)[nH]c(=O)c1. The zero-order valence-electron chi connectivity index (χ0n) is 18.3. The molecule has 2 atom stereocenters. The molecule has 0 spiro atoms. The van der Waals surface area contributed by atoms with Gasteiger partial charge in [-0.2, -0.15) is 17.5 Å². The Balaban J connectivity index is 1.65. The summed E-state index contributed by atoms with van der Waals surface area (Å²) in [4.78, 5) is 17.4. The minimum atomic E-state index is -4.78. The number of anilines is 2. The van der Waals surface area contributed by atoms with Gasteiger partial charge in [-0.15, -0.1) is 0 Å². The predicted octanol–water partition coefficient (Wildman–Crippen LogP) is 2.18. The van der Waals surface area contributed by atoms with Gasteiger partial charge in [-0.1, -0.05) is 0 Å². The standard InChI is InChI=1S/C21H24F4N4O4S/c1-14-13-33-9-8-28(14)16-10-19(26-20(30)11-16)29-7-6-27(12-18(29)21(23,24)25)34(31,32)17-4-2-15(22)3-5-17/h2-5,10-11,14,18H,6-9,12-13H2,1H3,(H,26,30)/t14-,18?/m1/s1. The summed E-state index contributed by atoms with van der Waals surface area (Å²) in [5.74, 6) is -0.697. The van der Waals surface area contributed by atoms with Crippen LogP contribution in [0.5, 0.6) is 0 Å². The van der Waals surface area contributed by atoms with Gasteiger partial charge < -0.3 is 19.5 Å². The van der Waals surface area contributed by atoms with Gasteiger partial charge in [0.1, 0.15) is 17.7 Å². The van der Waals surface area contributed by atoms with Crippen LogP contribution in [0, 0.1) is 5.82 Å². The van der Waals surface area contributed by atoms with E-state index in [9.17, 15) is 30.8 Å². The van der Waals surface area contributed by atoms with Gasteiger partial charge in [-0.25, -0.2) is 12.8 Å². The third-order valence-electron chi connectivity index (χ3n) is 6.00. The van der Waals surface area contributed by atoms with Gasteiger partial charge in [0, 0.05) is 50.0 Å². The fraction of sp³-hybridized carbons (Fsp3) is 0.476. The van der Waals surface area contributed by atoms with Crippen molar-refractivity contribution < 1.29 is 30.7 Å². The number of morpholine rings is 1. The molecule has 2 saturated heterocycles. The minimum Gasteiger partial charge on any atom is -0.377 e. The molecule has 2 aliphatic heterocycles. The first-order valence-electron chi connectivity index (χ1n) is 10.6. The molecule has 1 unspecified atom stereocenters. The van der Waals surface area contributed by atoms with Gasteiger partial charge in [0.15, 0.2) is 0 Å². The maximum absolute atomic E-state index is 14.1. The molecule has 13 heteroatoms. The molecule has 186 valence electrons. The van der Waals surface area contributed by atoms with E-state index in [1.165, 1.54) is 12.1 Å². The molecule has 0 bridgehead atoms. The quantitative estimate of drug-likeness (QED) is 0.643. The van der Waals surface area contributed by atoms with Crippen molar-refractivity contribution in [3.05, 3.63) is 52.6 Å². The Bertz CT molecular complexity index is 1190. The highest BCUT2D eigenvalue weighted by molar-refractivity contribution is 7.89. The van der Waals surface area contributed by atoms with Crippen LogP contribution in [0.4, 0.5) is 29.1 Å². The molecular weight excluding hydrogens is 480 g/mol. The Morgan fingerprint density at radius 2 is 1.76 bits per heavy atom. The monoisotopic (exact) mass is 504 g/mol. The van der Waals surface area contributed by atoms with Crippen molar-refractivity contribution in [3.63, 3.8) is 0 Å². The lowest BCUT2D eigenvalue weighted by molar-refractivity contribution is -0.153. The van der Waals surface area contributed by atoms with Crippen LogP contribution in [-0.4, -0.2) is 75.4 Å². The summed E-state index contributed by atoms with van der Waals surface area (Å²) in [7, 11) is -4.27. The molecule has 1 aromatic carbocycles. The average Bonchev–Trinajstić information content (AvgIpc) is 2.78. The Hall–Kier alpha value is -2.64. The van der Waals surface area contributed by atoms with Crippen LogP contribution in [0.2, 0.25) is 0 Å². The van der Waals surface area contributed by atoms with E-state index in [4.69, 9.17) is 4.74 Å². The molecule has 2 fully saturated rings. The first-order chi connectivity index (χ1) is 16.0. The number of alkyl halides is 3. The van der Waals surface area contributed by atoms with Gasteiger partial charge in [0.05, 0.1) is 18.1 Å². The Morgan fingerprint density at radius 3 is 2.41 bits per heavy atom. The summed E-state index contributed by atoms with van der Waals surface area (Å²) < 4.78 is 87.4. The molecular formula is C21H24F4N4O4S. The van der Waals surface area contributed by atoms with Crippen molar-refractivity contribution in [1.29, 1.82) is 0 Å². The number of aromatic amines is 1. The fourth-order valence-electron chi connectivity index (χ4n) is 4.25. The number of benzene rings is 1. The van der Waals surface area contributed by atoms with Gasteiger partial charge in [-0.05, 0) is 31.2 Å². The maximum Gasteiger partial charge on any atom is 0.410 e. The van der Waals surface area contributed by atoms with Crippen molar-refractivity contribution >= 4 is 21.5 Å². The first kappa shape index (κ1) is 24.5. The number of piperazine rings is 1. The fourth-order valence-corrected chi connectivity index (χ4v) is 5.68. The lowest BCUT2D eigenvalue weighted by Gasteiger charge is -2.42. The molecule has 0 saturated carbocycles. The van der Waals surface area contributed by atoms with E-state index in [0.717, 1.165) is 33.5 Å². The van der Waals surface area contributed by atoms with Crippen molar-refractivity contribution in [2.45, 2.75) is 30.1 Å². The second kappa shape index (κ2) is 9.19. The van der Waals surface area contributed by atoms with E-state index < -0.39 is 40.2 Å².